The second kappa shape index (κ2) is 6.60. The first kappa shape index (κ1) is 17.0. The van der Waals surface area contributed by atoms with Gasteiger partial charge in [-0.2, -0.15) is 13.2 Å². The molecular weight excluding hydrogens is 353 g/mol. The van der Waals surface area contributed by atoms with E-state index in [9.17, 15) is 18.0 Å². The number of carbonyl (C=O) groups excluding carboxylic acids is 1. The summed E-state index contributed by atoms with van der Waals surface area (Å²) in [7, 11) is 1.60. The number of nitrogens with zero attached hydrogens (tertiary/aromatic N) is 2. The van der Waals surface area contributed by atoms with E-state index in [1.165, 1.54) is 28.5 Å². The molecule has 0 saturated carbocycles. The molecule has 3 rings (SSSR count). The zero-order valence-electron chi connectivity index (χ0n) is 13.0. The van der Waals surface area contributed by atoms with Crippen LogP contribution in [0, 0.1) is 0 Å². The smallest absolute Gasteiger partial charge is 0.307 e. The molecule has 2 aromatic carbocycles. The summed E-state index contributed by atoms with van der Waals surface area (Å²) in [5, 5.41) is 4.34. The first-order valence-electron chi connectivity index (χ1n) is 7.17. The number of nitrogens with one attached hydrogen (secondary N) is 2. The summed E-state index contributed by atoms with van der Waals surface area (Å²) in [6, 6.07) is 11.3. The second-order valence-corrected chi connectivity index (χ2v) is 6.18. The number of aromatic nitrogens is 1. The molecule has 0 fully saturated rings. The minimum Gasteiger partial charge on any atom is -0.307 e. The summed E-state index contributed by atoms with van der Waals surface area (Å²) in [6.45, 7) is 0. The van der Waals surface area contributed by atoms with Crippen LogP contribution in [0.15, 0.2) is 48.5 Å². The zero-order valence-corrected chi connectivity index (χ0v) is 13.8. The maximum absolute atomic E-state index is 12.7. The highest BCUT2D eigenvalue weighted by Crippen LogP contribution is 2.30. The van der Waals surface area contributed by atoms with Gasteiger partial charge < -0.3 is 5.32 Å². The lowest BCUT2D eigenvalue weighted by Crippen LogP contribution is -2.42. The van der Waals surface area contributed by atoms with E-state index < -0.39 is 17.8 Å². The number of rotatable bonds is 3. The van der Waals surface area contributed by atoms with Crippen molar-refractivity contribution in [2.75, 3.05) is 17.4 Å². The lowest BCUT2D eigenvalue weighted by Gasteiger charge is -2.17. The number of carbonyl (C=O) groups is 1. The van der Waals surface area contributed by atoms with Crippen molar-refractivity contribution < 1.29 is 18.0 Å². The second-order valence-electron chi connectivity index (χ2n) is 5.17. The number of para-hydroxylation sites is 1. The van der Waals surface area contributed by atoms with Crippen LogP contribution >= 0.6 is 11.3 Å². The Hall–Kier alpha value is -2.81. The minimum absolute atomic E-state index is 0.0463. The van der Waals surface area contributed by atoms with Crippen LogP contribution in [0.2, 0.25) is 0 Å². The van der Waals surface area contributed by atoms with Gasteiger partial charge in [0.2, 0.25) is 5.13 Å². The Morgan fingerprint density at radius 2 is 1.92 bits per heavy atom. The average molecular weight is 366 g/mol. The highest BCUT2D eigenvalue weighted by Gasteiger charge is 2.30. The number of anilines is 2. The third-order valence-corrected chi connectivity index (χ3v) is 4.40. The zero-order chi connectivity index (χ0) is 18.0. The molecule has 1 aromatic heterocycles. The molecule has 0 aliphatic carbocycles. The van der Waals surface area contributed by atoms with E-state index >= 15 is 0 Å². The monoisotopic (exact) mass is 366 g/mol. The fraction of sp³-hybridized carbons (Fsp3) is 0.125. The molecule has 1 heterocycles. The summed E-state index contributed by atoms with van der Waals surface area (Å²) in [4.78, 5) is 16.4. The molecule has 0 atom stereocenters. The number of alkyl halides is 3. The molecule has 0 radical (unpaired) electrons. The van der Waals surface area contributed by atoms with Gasteiger partial charge >= 0.3 is 12.2 Å². The van der Waals surface area contributed by atoms with Gasteiger partial charge in [-0.3, -0.25) is 5.01 Å². The van der Waals surface area contributed by atoms with E-state index in [1.54, 1.807) is 7.05 Å². The maximum atomic E-state index is 12.7. The summed E-state index contributed by atoms with van der Waals surface area (Å²) in [6.07, 6.45) is -4.47. The molecule has 5 nitrogen and oxygen atoms in total. The van der Waals surface area contributed by atoms with Gasteiger partial charge in [0.1, 0.15) is 0 Å². The molecule has 2 N–H and O–H groups in total. The van der Waals surface area contributed by atoms with Crippen LogP contribution in [0.25, 0.3) is 10.2 Å². The molecule has 0 bridgehead atoms. The molecule has 0 aliphatic rings. The Balaban J connectivity index is 1.68. The Kier molecular flexibility index (Phi) is 4.49. The van der Waals surface area contributed by atoms with Gasteiger partial charge in [0.25, 0.3) is 0 Å². The number of thiazole rings is 1. The highest BCUT2D eigenvalue weighted by molar-refractivity contribution is 7.22. The van der Waals surface area contributed by atoms with Gasteiger partial charge in [-0.25, -0.2) is 15.2 Å². The third kappa shape index (κ3) is 4.00. The Morgan fingerprint density at radius 3 is 2.64 bits per heavy atom. The number of halogens is 3. The predicted octanol–water partition coefficient (Wildman–Crippen LogP) is 4.49. The molecule has 0 unspecified atom stereocenters. The van der Waals surface area contributed by atoms with E-state index in [0.717, 1.165) is 22.3 Å². The van der Waals surface area contributed by atoms with Crippen molar-refractivity contribution in [3.05, 3.63) is 54.1 Å². The van der Waals surface area contributed by atoms with E-state index in [1.807, 2.05) is 24.3 Å². The van der Waals surface area contributed by atoms with Gasteiger partial charge in [0, 0.05) is 12.7 Å². The van der Waals surface area contributed by atoms with E-state index in [2.05, 4.69) is 15.7 Å². The van der Waals surface area contributed by atoms with E-state index in [4.69, 9.17) is 0 Å². The largest absolute Gasteiger partial charge is 0.416 e. The lowest BCUT2D eigenvalue weighted by atomic mass is 10.2. The standard InChI is InChI=1S/C16H13F3N4OS/c1-23(15-21-12-7-2-3-8-13(12)25-15)22-14(24)20-11-6-4-5-10(9-11)16(17,18)19/h2-9H,1H3,(H2,20,22,24). The van der Waals surface area contributed by atoms with Crippen molar-refractivity contribution >= 4 is 38.4 Å². The summed E-state index contributed by atoms with van der Waals surface area (Å²) < 4.78 is 39.0. The first-order chi connectivity index (χ1) is 11.8. The molecule has 2 amide bonds. The fourth-order valence-corrected chi connectivity index (χ4v) is 3.02. The molecule has 9 heteroatoms. The number of hydrazine groups is 1. The summed E-state index contributed by atoms with van der Waals surface area (Å²) in [5.41, 5.74) is 2.53. The van der Waals surface area contributed by atoms with Crippen LogP contribution in [-0.2, 0) is 6.18 Å². The van der Waals surface area contributed by atoms with Crippen molar-refractivity contribution in [2.24, 2.45) is 0 Å². The molecule has 0 spiro atoms. The van der Waals surface area contributed by atoms with Crippen LogP contribution in [0.1, 0.15) is 5.56 Å². The first-order valence-corrected chi connectivity index (χ1v) is 7.99. The van der Waals surface area contributed by atoms with Gasteiger partial charge in [-0.15, -0.1) is 0 Å². The predicted molar refractivity (Wildman–Crippen MR) is 91.6 cm³/mol. The Labute approximate surface area is 145 Å². The van der Waals surface area contributed by atoms with Crippen LogP contribution in [0.4, 0.5) is 28.8 Å². The molecule has 25 heavy (non-hydrogen) atoms. The number of amides is 2. The third-order valence-electron chi connectivity index (χ3n) is 3.29. The van der Waals surface area contributed by atoms with Crippen LogP contribution in [0.3, 0.4) is 0 Å². The van der Waals surface area contributed by atoms with Gasteiger partial charge in [-0.1, -0.05) is 29.5 Å². The van der Waals surface area contributed by atoms with E-state index in [-0.39, 0.29) is 5.69 Å². The number of hydrogen-bond acceptors (Lipinski definition) is 4. The molecular formula is C16H13F3N4OS. The normalized spacial score (nSPS) is 11.4. The summed E-state index contributed by atoms with van der Waals surface area (Å²) in [5.74, 6) is 0. The van der Waals surface area contributed by atoms with Gasteiger partial charge in [0.15, 0.2) is 0 Å². The minimum atomic E-state index is -4.47. The number of fused-ring (bicyclic) bond motifs is 1. The van der Waals surface area contributed by atoms with Gasteiger partial charge in [-0.05, 0) is 30.3 Å². The quantitative estimate of drug-likeness (QED) is 0.672. The van der Waals surface area contributed by atoms with Crippen molar-refractivity contribution in [3.8, 4) is 0 Å². The van der Waals surface area contributed by atoms with Crippen molar-refractivity contribution in [3.63, 3.8) is 0 Å². The van der Waals surface area contributed by atoms with Crippen LogP contribution < -0.4 is 15.8 Å². The van der Waals surface area contributed by atoms with Crippen molar-refractivity contribution in [1.29, 1.82) is 0 Å². The average Bonchev–Trinajstić information content (AvgIpc) is 2.98. The molecule has 3 aromatic rings. The molecule has 0 aliphatic heterocycles. The fourth-order valence-electron chi connectivity index (χ4n) is 2.14. The SMILES string of the molecule is CN(NC(=O)Nc1cccc(C(F)(F)F)c1)c1nc2ccccc2s1. The molecule has 0 saturated heterocycles. The van der Waals surface area contributed by atoms with Crippen LogP contribution in [-0.4, -0.2) is 18.1 Å². The lowest BCUT2D eigenvalue weighted by molar-refractivity contribution is -0.137. The number of benzene rings is 2. The number of hydrogen-bond donors (Lipinski definition) is 2. The topological polar surface area (TPSA) is 57.3 Å². The maximum Gasteiger partial charge on any atom is 0.416 e. The molecule has 130 valence electrons. The summed E-state index contributed by atoms with van der Waals surface area (Å²) >= 11 is 1.38. The Morgan fingerprint density at radius 1 is 1.16 bits per heavy atom. The highest BCUT2D eigenvalue weighted by atomic mass is 32.1. The Bertz CT molecular complexity index is 877. The van der Waals surface area contributed by atoms with E-state index in [0.29, 0.717) is 5.13 Å². The van der Waals surface area contributed by atoms with Crippen LogP contribution in [0.5, 0.6) is 0 Å². The van der Waals surface area contributed by atoms with Crippen molar-refractivity contribution in [1.82, 2.24) is 10.4 Å². The number of urea groups is 1. The van der Waals surface area contributed by atoms with Gasteiger partial charge in [0.05, 0.1) is 15.8 Å². The van der Waals surface area contributed by atoms with Crippen molar-refractivity contribution in [2.45, 2.75) is 6.18 Å².